The van der Waals surface area contributed by atoms with Crippen molar-refractivity contribution >= 4 is 35.9 Å². The number of fused-ring (bicyclic) bond motifs is 1. The Kier molecular flexibility index (Phi) is 4.58. The number of aromatic amines is 1. The average Bonchev–Trinajstić information content (AvgIpc) is 3.04. The van der Waals surface area contributed by atoms with Crippen LogP contribution in [0.1, 0.15) is 5.69 Å². The Morgan fingerprint density at radius 2 is 1.96 bits per heavy atom. The summed E-state index contributed by atoms with van der Waals surface area (Å²) in [5.74, 6) is 0.732. The fourth-order valence-electron chi connectivity index (χ4n) is 2.88. The molecule has 4 aromatic rings. The summed E-state index contributed by atoms with van der Waals surface area (Å²) in [6.45, 7) is 0.517. The van der Waals surface area contributed by atoms with Crippen LogP contribution in [0.15, 0.2) is 54.9 Å². The van der Waals surface area contributed by atoms with Gasteiger partial charge in [-0.05, 0) is 36.4 Å². The number of rotatable bonds is 5. The zero-order valence-electron chi connectivity index (χ0n) is 14.2. The van der Waals surface area contributed by atoms with Crippen molar-refractivity contribution < 1.29 is 4.74 Å². The molecule has 0 aliphatic carbocycles. The summed E-state index contributed by atoms with van der Waals surface area (Å²) in [4.78, 5) is 8.74. The van der Waals surface area contributed by atoms with Gasteiger partial charge in [0.25, 0.3) is 0 Å². The lowest BCUT2D eigenvalue weighted by Crippen LogP contribution is -2.05. The Labute approximate surface area is 156 Å². The highest BCUT2D eigenvalue weighted by Gasteiger charge is 2.13. The fourth-order valence-corrected chi connectivity index (χ4v) is 3.11. The number of nitrogens with zero attached hydrogens (tertiary/aromatic N) is 3. The minimum Gasteiger partial charge on any atom is -0.491 e. The van der Waals surface area contributed by atoms with E-state index in [0.717, 1.165) is 45.6 Å². The Hall–Kier alpha value is -2.86. The van der Waals surface area contributed by atoms with Crippen molar-refractivity contribution in [2.75, 3.05) is 6.61 Å². The van der Waals surface area contributed by atoms with E-state index in [4.69, 9.17) is 16.3 Å². The molecule has 0 saturated carbocycles. The van der Waals surface area contributed by atoms with E-state index in [1.165, 1.54) is 0 Å². The van der Waals surface area contributed by atoms with Crippen LogP contribution >= 0.6 is 11.6 Å². The number of pyridine rings is 2. The summed E-state index contributed by atoms with van der Waals surface area (Å²) < 4.78 is 6.06. The van der Waals surface area contributed by atoms with Crippen LogP contribution in [0.5, 0.6) is 5.75 Å². The zero-order valence-corrected chi connectivity index (χ0v) is 15.0. The van der Waals surface area contributed by atoms with E-state index in [9.17, 15) is 0 Å². The zero-order chi connectivity index (χ0) is 17.9. The minimum atomic E-state index is 0.517. The third-order valence-corrected chi connectivity index (χ3v) is 4.51. The number of hydrogen-bond donors (Lipinski definition) is 1. The number of H-pyrrole nitrogens is 1. The van der Waals surface area contributed by atoms with Gasteiger partial charge in [-0.2, -0.15) is 5.10 Å². The van der Waals surface area contributed by atoms with Crippen LogP contribution in [-0.4, -0.2) is 34.6 Å². The fraction of sp³-hybridized carbons (Fsp3) is 0.105. The first kappa shape index (κ1) is 16.6. The standard InChI is InChI=1S/C19H16BClN4O/c20-19-14-10-12(17-15(21)5-3-8-23-17)11-16(18(14)24-25-19)26-9-6-13-4-1-2-7-22-13/h1-5,7-8,10-11H,6,9,20H2,(H,24,25). The normalized spacial score (nSPS) is 11.0. The number of hydrogen-bond acceptors (Lipinski definition) is 4. The summed E-state index contributed by atoms with van der Waals surface area (Å²) in [7, 11) is 1.96. The molecule has 0 aliphatic rings. The molecule has 26 heavy (non-hydrogen) atoms. The lowest BCUT2D eigenvalue weighted by Gasteiger charge is -2.10. The van der Waals surface area contributed by atoms with Crippen LogP contribution in [0.3, 0.4) is 0 Å². The molecule has 0 amide bonds. The summed E-state index contributed by atoms with van der Waals surface area (Å²) in [6.07, 6.45) is 4.24. The highest BCUT2D eigenvalue weighted by atomic mass is 35.5. The minimum absolute atomic E-state index is 0.517. The molecular weight excluding hydrogens is 347 g/mol. The Bertz CT molecular complexity index is 1050. The maximum absolute atomic E-state index is 6.33. The number of nitrogens with one attached hydrogen (secondary N) is 1. The van der Waals surface area contributed by atoms with Gasteiger partial charge in [0.1, 0.15) is 11.3 Å². The Morgan fingerprint density at radius 3 is 2.77 bits per heavy atom. The van der Waals surface area contributed by atoms with Gasteiger partial charge in [-0.1, -0.05) is 17.7 Å². The van der Waals surface area contributed by atoms with Gasteiger partial charge in [-0.25, -0.2) is 0 Å². The van der Waals surface area contributed by atoms with Gasteiger partial charge >= 0.3 is 0 Å². The topological polar surface area (TPSA) is 63.7 Å². The molecule has 3 aromatic heterocycles. The second-order valence-electron chi connectivity index (χ2n) is 5.96. The summed E-state index contributed by atoms with van der Waals surface area (Å²) in [5, 5.41) is 8.96. The smallest absolute Gasteiger partial charge is 0.167 e. The molecule has 0 unspecified atom stereocenters. The molecule has 0 saturated heterocycles. The molecule has 1 N–H and O–H groups in total. The monoisotopic (exact) mass is 362 g/mol. The first-order valence-electron chi connectivity index (χ1n) is 8.34. The molecule has 0 radical (unpaired) electrons. The van der Waals surface area contributed by atoms with Crippen LogP contribution < -0.4 is 10.3 Å². The van der Waals surface area contributed by atoms with Gasteiger partial charge in [0.2, 0.25) is 0 Å². The van der Waals surface area contributed by atoms with E-state index in [-0.39, 0.29) is 0 Å². The molecule has 0 aliphatic heterocycles. The molecule has 7 heteroatoms. The molecule has 0 atom stereocenters. The SMILES string of the molecule is Bc1n[nH]c2c(OCCc3ccccn3)cc(-c3ncccc3Cl)cc12. The van der Waals surface area contributed by atoms with Crippen molar-refractivity contribution in [3.8, 4) is 17.0 Å². The van der Waals surface area contributed by atoms with Gasteiger partial charge in [0, 0.05) is 41.1 Å². The lowest BCUT2D eigenvalue weighted by atomic mass is 9.97. The van der Waals surface area contributed by atoms with E-state index in [0.29, 0.717) is 11.6 Å². The first-order valence-corrected chi connectivity index (χ1v) is 8.72. The predicted molar refractivity (Wildman–Crippen MR) is 106 cm³/mol. The molecule has 1 aromatic carbocycles. The van der Waals surface area contributed by atoms with Gasteiger partial charge in [0.05, 0.1) is 17.3 Å². The second-order valence-corrected chi connectivity index (χ2v) is 6.37. The van der Waals surface area contributed by atoms with Crippen molar-refractivity contribution in [2.45, 2.75) is 6.42 Å². The second kappa shape index (κ2) is 7.18. The van der Waals surface area contributed by atoms with E-state index >= 15 is 0 Å². The van der Waals surface area contributed by atoms with E-state index in [1.54, 1.807) is 12.4 Å². The molecule has 4 rings (SSSR count). The van der Waals surface area contributed by atoms with Crippen molar-refractivity contribution in [1.82, 2.24) is 20.2 Å². The third-order valence-electron chi connectivity index (χ3n) is 4.20. The Balaban J connectivity index is 1.68. The summed E-state index contributed by atoms with van der Waals surface area (Å²) >= 11 is 6.33. The van der Waals surface area contributed by atoms with Crippen molar-refractivity contribution in [3.63, 3.8) is 0 Å². The number of ether oxygens (including phenoxy) is 1. The van der Waals surface area contributed by atoms with Gasteiger partial charge < -0.3 is 4.74 Å². The van der Waals surface area contributed by atoms with Crippen LogP contribution in [0, 0.1) is 0 Å². The molecule has 5 nitrogen and oxygen atoms in total. The third kappa shape index (κ3) is 3.28. The first-order chi connectivity index (χ1) is 12.7. The van der Waals surface area contributed by atoms with Crippen molar-refractivity contribution in [2.24, 2.45) is 0 Å². The number of aromatic nitrogens is 4. The summed E-state index contributed by atoms with van der Waals surface area (Å²) in [6, 6.07) is 13.5. The average molecular weight is 363 g/mol. The van der Waals surface area contributed by atoms with Gasteiger partial charge in [0.15, 0.2) is 7.85 Å². The van der Waals surface area contributed by atoms with Crippen LogP contribution in [0.4, 0.5) is 0 Å². The van der Waals surface area contributed by atoms with Crippen LogP contribution in [0.25, 0.3) is 22.2 Å². The van der Waals surface area contributed by atoms with Crippen molar-refractivity contribution in [3.05, 3.63) is 65.6 Å². The van der Waals surface area contributed by atoms with Crippen LogP contribution in [-0.2, 0) is 6.42 Å². The van der Waals surface area contributed by atoms with Crippen LogP contribution in [0.2, 0.25) is 5.02 Å². The van der Waals surface area contributed by atoms with Gasteiger partial charge in [-0.3, -0.25) is 15.1 Å². The van der Waals surface area contributed by atoms with Crippen molar-refractivity contribution in [1.29, 1.82) is 0 Å². The summed E-state index contributed by atoms with van der Waals surface area (Å²) in [5.41, 5.74) is 4.41. The molecule has 0 fully saturated rings. The largest absolute Gasteiger partial charge is 0.491 e. The maximum atomic E-state index is 6.33. The maximum Gasteiger partial charge on any atom is 0.167 e. The van der Waals surface area contributed by atoms with Gasteiger partial charge in [-0.15, -0.1) is 0 Å². The number of benzene rings is 1. The number of halogens is 1. The van der Waals surface area contributed by atoms with E-state index in [1.807, 2.05) is 50.3 Å². The quantitative estimate of drug-likeness (QED) is 0.554. The Morgan fingerprint density at radius 1 is 1.08 bits per heavy atom. The van der Waals surface area contributed by atoms with E-state index in [2.05, 4.69) is 20.2 Å². The lowest BCUT2D eigenvalue weighted by molar-refractivity contribution is 0.324. The van der Waals surface area contributed by atoms with E-state index < -0.39 is 0 Å². The molecule has 128 valence electrons. The molecule has 0 spiro atoms. The highest BCUT2D eigenvalue weighted by Crippen LogP contribution is 2.32. The predicted octanol–water partition coefficient (Wildman–Crippen LogP) is 2.55. The molecule has 0 bridgehead atoms. The highest BCUT2D eigenvalue weighted by molar-refractivity contribution is 6.37. The molecular formula is C19H16BClN4O. The molecule has 3 heterocycles.